The number of carbonyl (C=O) groups excluding carboxylic acids is 1. The Kier molecular flexibility index (Phi) is 3.80. The van der Waals surface area contributed by atoms with Crippen LogP contribution in [0.2, 0.25) is 0 Å². The van der Waals surface area contributed by atoms with Gasteiger partial charge in [0.05, 0.1) is 11.3 Å². The van der Waals surface area contributed by atoms with E-state index in [1.807, 2.05) is 12.1 Å². The fraction of sp³-hybridized carbons (Fsp3) is 0.389. The lowest BCUT2D eigenvalue weighted by Gasteiger charge is -2.29. The number of nitrogen functional groups attached to an aromatic ring is 1. The van der Waals surface area contributed by atoms with E-state index in [4.69, 9.17) is 5.73 Å². The van der Waals surface area contributed by atoms with Crippen LogP contribution in [0.3, 0.4) is 0 Å². The van der Waals surface area contributed by atoms with Gasteiger partial charge in [0.15, 0.2) is 5.78 Å². The van der Waals surface area contributed by atoms with Crippen molar-refractivity contribution in [3.63, 3.8) is 0 Å². The fourth-order valence-corrected chi connectivity index (χ4v) is 3.01. The lowest BCUT2D eigenvalue weighted by Crippen LogP contribution is -2.29. The molecule has 0 fully saturated rings. The largest absolute Gasteiger partial charge is 0.383 e. The summed E-state index contributed by atoms with van der Waals surface area (Å²) in [6.45, 7) is 6.26. The van der Waals surface area contributed by atoms with Crippen molar-refractivity contribution in [1.82, 2.24) is 9.97 Å². The first kappa shape index (κ1) is 15.5. The minimum atomic E-state index is -0.0923. The Hall–Kier alpha value is -2.43. The van der Waals surface area contributed by atoms with Crippen molar-refractivity contribution in [3.05, 3.63) is 41.1 Å². The number of anilines is 3. The van der Waals surface area contributed by atoms with Gasteiger partial charge in [-0.3, -0.25) is 4.79 Å². The van der Waals surface area contributed by atoms with E-state index in [0.717, 1.165) is 24.2 Å². The molecule has 0 aliphatic heterocycles. The minimum Gasteiger partial charge on any atom is -0.383 e. The highest BCUT2D eigenvalue weighted by Crippen LogP contribution is 2.36. The number of Topliss-reactive ketones (excluding diaryl/α,β-unsaturated/α-hetero) is 1. The Morgan fingerprint density at radius 2 is 1.87 bits per heavy atom. The summed E-state index contributed by atoms with van der Waals surface area (Å²) in [7, 11) is 0. The zero-order valence-electron chi connectivity index (χ0n) is 13.8. The Labute approximate surface area is 136 Å². The number of fused-ring (bicyclic) bond motifs is 1. The Bertz CT molecular complexity index is 750. The third-order valence-corrected chi connectivity index (χ3v) is 4.19. The Morgan fingerprint density at radius 3 is 2.52 bits per heavy atom. The van der Waals surface area contributed by atoms with Crippen molar-refractivity contribution in [1.29, 1.82) is 0 Å². The van der Waals surface area contributed by atoms with Crippen molar-refractivity contribution >= 4 is 23.2 Å². The van der Waals surface area contributed by atoms with Gasteiger partial charge in [-0.05, 0) is 36.0 Å². The van der Waals surface area contributed by atoms with Crippen LogP contribution < -0.4 is 11.1 Å². The average Bonchev–Trinajstić information content (AvgIpc) is 2.45. The van der Waals surface area contributed by atoms with Crippen LogP contribution in [-0.4, -0.2) is 15.8 Å². The first-order chi connectivity index (χ1) is 10.9. The SMILES string of the molecule is CCc1ccc(Nc2nc(N)c3c(n2)CC(C)(C)CC3=O)cc1. The minimum absolute atomic E-state index is 0.0348. The third-order valence-electron chi connectivity index (χ3n) is 4.19. The van der Waals surface area contributed by atoms with E-state index in [0.29, 0.717) is 17.9 Å². The summed E-state index contributed by atoms with van der Waals surface area (Å²) in [5.74, 6) is 0.742. The number of aromatic nitrogens is 2. The molecule has 0 saturated carbocycles. The molecule has 0 spiro atoms. The Balaban J connectivity index is 1.92. The molecule has 5 heteroatoms. The van der Waals surface area contributed by atoms with Crippen LogP contribution >= 0.6 is 0 Å². The van der Waals surface area contributed by atoms with E-state index in [-0.39, 0.29) is 17.0 Å². The zero-order chi connectivity index (χ0) is 16.6. The van der Waals surface area contributed by atoms with Crippen molar-refractivity contribution in [2.24, 2.45) is 5.41 Å². The molecule has 120 valence electrons. The van der Waals surface area contributed by atoms with Crippen LogP contribution in [0.5, 0.6) is 0 Å². The molecule has 0 amide bonds. The molecule has 0 radical (unpaired) electrons. The van der Waals surface area contributed by atoms with E-state index in [2.05, 4.69) is 48.2 Å². The van der Waals surface area contributed by atoms with E-state index < -0.39 is 0 Å². The molecule has 3 N–H and O–H groups in total. The summed E-state index contributed by atoms with van der Waals surface area (Å²) >= 11 is 0. The number of rotatable bonds is 3. The van der Waals surface area contributed by atoms with Gasteiger partial charge in [-0.2, -0.15) is 4.98 Å². The summed E-state index contributed by atoms with van der Waals surface area (Å²) in [6, 6.07) is 8.12. The number of carbonyl (C=O) groups is 1. The maximum atomic E-state index is 12.3. The number of hydrogen-bond donors (Lipinski definition) is 2. The van der Waals surface area contributed by atoms with E-state index >= 15 is 0 Å². The number of benzene rings is 1. The maximum absolute atomic E-state index is 12.3. The summed E-state index contributed by atoms with van der Waals surface area (Å²) < 4.78 is 0. The van der Waals surface area contributed by atoms with E-state index in [1.54, 1.807) is 0 Å². The molecule has 1 aliphatic rings. The molecule has 0 bridgehead atoms. The van der Waals surface area contributed by atoms with Crippen molar-refractivity contribution < 1.29 is 4.79 Å². The summed E-state index contributed by atoms with van der Waals surface area (Å²) in [6.07, 6.45) is 2.21. The second kappa shape index (κ2) is 5.65. The van der Waals surface area contributed by atoms with Crippen LogP contribution in [0.15, 0.2) is 24.3 Å². The second-order valence-electron chi connectivity index (χ2n) is 6.87. The number of nitrogens with two attached hydrogens (primary N) is 1. The topological polar surface area (TPSA) is 80.9 Å². The number of hydrogen-bond acceptors (Lipinski definition) is 5. The molecule has 2 aromatic rings. The highest BCUT2D eigenvalue weighted by molar-refractivity contribution is 6.02. The van der Waals surface area contributed by atoms with Gasteiger partial charge in [-0.25, -0.2) is 4.98 Å². The highest BCUT2D eigenvalue weighted by atomic mass is 16.1. The van der Waals surface area contributed by atoms with Crippen LogP contribution in [0.4, 0.5) is 17.5 Å². The van der Waals surface area contributed by atoms with Gasteiger partial charge in [0.2, 0.25) is 5.95 Å². The summed E-state index contributed by atoms with van der Waals surface area (Å²) in [4.78, 5) is 21.1. The lowest BCUT2D eigenvalue weighted by molar-refractivity contribution is 0.0911. The standard InChI is InChI=1S/C18H22N4O/c1-4-11-5-7-12(8-6-11)20-17-21-13-9-18(2,3)10-14(23)15(13)16(19)22-17/h5-8H,4,9-10H2,1-3H3,(H3,19,20,21,22). The van der Waals surface area contributed by atoms with E-state index in [9.17, 15) is 4.79 Å². The van der Waals surface area contributed by atoms with E-state index in [1.165, 1.54) is 5.56 Å². The smallest absolute Gasteiger partial charge is 0.229 e. The molecule has 1 aromatic heterocycles. The number of ketones is 1. The number of nitrogens with zero attached hydrogens (tertiary/aromatic N) is 2. The van der Waals surface area contributed by atoms with Crippen LogP contribution in [0.25, 0.3) is 0 Å². The van der Waals surface area contributed by atoms with Gasteiger partial charge in [0.1, 0.15) is 5.82 Å². The van der Waals surface area contributed by atoms with Crippen LogP contribution in [0, 0.1) is 5.41 Å². The molecular weight excluding hydrogens is 288 g/mol. The first-order valence-electron chi connectivity index (χ1n) is 7.93. The van der Waals surface area contributed by atoms with Crippen LogP contribution in [-0.2, 0) is 12.8 Å². The highest BCUT2D eigenvalue weighted by Gasteiger charge is 2.34. The fourth-order valence-electron chi connectivity index (χ4n) is 3.01. The number of aryl methyl sites for hydroxylation is 1. The Morgan fingerprint density at radius 1 is 1.17 bits per heavy atom. The van der Waals surface area contributed by atoms with Crippen molar-refractivity contribution in [2.45, 2.75) is 40.0 Å². The molecule has 0 unspecified atom stereocenters. The third kappa shape index (κ3) is 3.18. The van der Waals surface area contributed by atoms with Gasteiger partial charge in [0.25, 0.3) is 0 Å². The molecule has 0 atom stereocenters. The monoisotopic (exact) mass is 310 g/mol. The predicted molar refractivity (Wildman–Crippen MR) is 92.0 cm³/mol. The second-order valence-corrected chi connectivity index (χ2v) is 6.87. The van der Waals surface area contributed by atoms with Gasteiger partial charge < -0.3 is 11.1 Å². The van der Waals surface area contributed by atoms with Gasteiger partial charge >= 0.3 is 0 Å². The predicted octanol–water partition coefficient (Wildman–Crippen LogP) is 3.52. The zero-order valence-corrected chi connectivity index (χ0v) is 13.8. The molecule has 3 rings (SSSR count). The molecular formula is C18H22N4O. The maximum Gasteiger partial charge on any atom is 0.229 e. The number of nitrogens with one attached hydrogen (secondary N) is 1. The summed E-state index contributed by atoms with van der Waals surface area (Å²) in [5.41, 5.74) is 9.33. The first-order valence-corrected chi connectivity index (χ1v) is 7.93. The van der Waals surface area contributed by atoms with Gasteiger partial charge in [-0.1, -0.05) is 32.9 Å². The summed E-state index contributed by atoms with van der Waals surface area (Å²) in [5, 5.41) is 3.17. The molecule has 23 heavy (non-hydrogen) atoms. The molecule has 1 aromatic carbocycles. The molecule has 1 aliphatic carbocycles. The molecule has 5 nitrogen and oxygen atoms in total. The quantitative estimate of drug-likeness (QED) is 0.906. The normalized spacial score (nSPS) is 16.0. The average molecular weight is 310 g/mol. The van der Waals surface area contributed by atoms with Gasteiger partial charge in [0, 0.05) is 12.1 Å². The molecule has 1 heterocycles. The molecule has 0 saturated heterocycles. The van der Waals surface area contributed by atoms with Gasteiger partial charge in [-0.15, -0.1) is 0 Å². The van der Waals surface area contributed by atoms with Crippen LogP contribution in [0.1, 0.15) is 48.8 Å². The lowest BCUT2D eigenvalue weighted by atomic mass is 9.76. The van der Waals surface area contributed by atoms with Crippen molar-refractivity contribution in [2.75, 3.05) is 11.1 Å². The van der Waals surface area contributed by atoms with Crippen molar-refractivity contribution in [3.8, 4) is 0 Å².